The molecule has 1 aromatic heterocycles. The highest BCUT2D eigenvalue weighted by Crippen LogP contribution is 2.59. The van der Waals surface area contributed by atoms with Gasteiger partial charge in [0.15, 0.2) is 16.8 Å². The van der Waals surface area contributed by atoms with Crippen LogP contribution in [0.5, 0.6) is 0 Å². The van der Waals surface area contributed by atoms with Crippen LogP contribution in [-0.2, 0) is 16.9 Å². The van der Waals surface area contributed by atoms with Gasteiger partial charge in [0.05, 0.1) is 6.54 Å². The van der Waals surface area contributed by atoms with Crippen molar-refractivity contribution in [2.75, 3.05) is 0 Å². The smallest absolute Gasteiger partial charge is 0.183 e. The number of hydrogen-bond donors (Lipinski definition) is 1. The molecule has 0 N–H and O–H groups in total. The molecule has 4 nitrogen and oxygen atoms in total. The summed E-state index contributed by atoms with van der Waals surface area (Å²) in [7, 11) is 0. The van der Waals surface area contributed by atoms with Gasteiger partial charge in [0, 0.05) is 10.6 Å². The lowest BCUT2D eigenvalue weighted by Gasteiger charge is -2.15. The molecule has 1 aliphatic rings. The van der Waals surface area contributed by atoms with E-state index in [1.54, 1.807) is 10.7 Å². The van der Waals surface area contributed by atoms with Gasteiger partial charge in [0.25, 0.3) is 0 Å². The van der Waals surface area contributed by atoms with E-state index >= 15 is 0 Å². The Balaban J connectivity index is 1.79. The van der Waals surface area contributed by atoms with Crippen molar-refractivity contribution in [3.05, 3.63) is 76.6 Å². The Kier molecular flexibility index (Phi) is 4.02. The number of thiol groups is 1. The van der Waals surface area contributed by atoms with Gasteiger partial charge in [-0.3, -0.25) is 0 Å². The average molecular weight is 380 g/mol. The quantitative estimate of drug-likeness (QED) is 0.546. The van der Waals surface area contributed by atoms with Crippen molar-refractivity contribution in [3.63, 3.8) is 0 Å². The van der Waals surface area contributed by atoms with Crippen LogP contribution in [0.1, 0.15) is 17.2 Å². The van der Waals surface area contributed by atoms with Gasteiger partial charge >= 0.3 is 0 Å². The Bertz CT molecular complexity index is 951. The summed E-state index contributed by atoms with van der Waals surface area (Å²) in [6.07, 6.45) is 0.955. The Morgan fingerprint density at radius 3 is 2.68 bits per heavy atom. The number of ether oxygens (including phenoxy) is 1. The van der Waals surface area contributed by atoms with Crippen molar-refractivity contribution >= 4 is 24.2 Å². The van der Waals surface area contributed by atoms with E-state index < -0.39 is 23.3 Å². The van der Waals surface area contributed by atoms with Crippen molar-refractivity contribution in [3.8, 4) is 0 Å². The summed E-state index contributed by atoms with van der Waals surface area (Å²) in [6.45, 7) is 0.243. The summed E-state index contributed by atoms with van der Waals surface area (Å²) in [6, 6.07) is 11.0. The predicted molar refractivity (Wildman–Crippen MR) is 90.6 cm³/mol. The molecule has 1 fully saturated rings. The molecule has 0 spiro atoms. The highest BCUT2D eigenvalue weighted by molar-refractivity contribution is 7.80. The van der Waals surface area contributed by atoms with Crippen molar-refractivity contribution in [1.82, 2.24) is 14.8 Å². The Hall–Kier alpha value is -1.96. The summed E-state index contributed by atoms with van der Waals surface area (Å²) in [4.78, 5) is 3.97. The van der Waals surface area contributed by atoms with Gasteiger partial charge in [-0.05, 0) is 23.8 Å². The Morgan fingerprint density at radius 1 is 1.20 bits per heavy atom. The molecule has 1 saturated heterocycles. The monoisotopic (exact) mass is 379 g/mol. The van der Waals surface area contributed by atoms with Gasteiger partial charge in [-0.25, -0.2) is 18.4 Å². The fourth-order valence-corrected chi connectivity index (χ4v) is 3.37. The van der Waals surface area contributed by atoms with Crippen LogP contribution in [0.15, 0.2) is 53.9 Å². The lowest BCUT2D eigenvalue weighted by atomic mass is 9.91. The van der Waals surface area contributed by atoms with Gasteiger partial charge < -0.3 is 4.74 Å². The van der Waals surface area contributed by atoms with Crippen LogP contribution in [0.2, 0.25) is 5.02 Å². The minimum absolute atomic E-state index is 0.243. The second-order valence-electron chi connectivity index (χ2n) is 5.76. The third kappa shape index (κ3) is 2.82. The second-order valence-corrected chi connectivity index (χ2v) is 6.56. The van der Waals surface area contributed by atoms with Gasteiger partial charge in [0.2, 0.25) is 0 Å². The number of epoxide rings is 1. The first-order chi connectivity index (χ1) is 12.0. The van der Waals surface area contributed by atoms with E-state index in [-0.39, 0.29) is 6.54 Å². The number of hydrogen-bond acceptors (Lipinski definition) is 4. The number of aromatic nitrogens is 3. The fourth-order valence-electron chi connectivity index (χ4n) is 2.96. The minimum Gasteiger partial charge on any atom is -0.354 e. The van der Waals surface area contributed by atoms with E-state index in [1.807, 2.05) is 18.2 Å². The number of nitrogens with zero attached hydrogens (tertiary/aromatic N) is 3. The molecule has 0 amide bonds. The Morgan fingerprint density at radius 2 is 2.00 bits per heavy atom. The third-order valence-corrected chi connectivity index (χ3v) is 4.96. The third-order valence-electron chi connectivity index (χ3n) is 4.27. The molecule has 0 radical (unpaired) electrons. The molecular formula is C17H12ClF2N3OS. The van der Waals surface area contributed by atoms with Crippen molar-refractivity contribution < 1.29 is 13.5 Å². The van der Waals surface area contributed by atoms with Gasteiger partial charge in [0.1, 0.15) is 18.0 Å². The van der Waals surface area contributed by atoms with Crippen LogP contribution in [-0.4, -0.2) is 14.8 Å². The lowest BCUT2D eigenvalue weighted by molar-refractivity contribution is 0.255. The zero-order valence-corrected chi connectivity index (χ0v) is 14.4. The van der Waals surface area contributed by atoms with Crippen molar-refractivity contribution in [2.24, 2.45) is 0 Å². The normalized spacial score (nSPS) is 22.2. The largest absolute Gasteiger partial charge is 0.354 e. The molecule has 2 atom stereocenters. The first kappa shape index (κ1) is 16.5. The summed E-state index contributed by atoms with van der Waals surface area (Å²) < 4.78 is 34.7. The summed E-state index contributed by atoms with van der Waals surface area (Å²) in [5, 5.41) is 5.05. The van der Waals surface area contributed by atoms with Gasteiger partial charge in [-0.15, -0.1) is 12.6 Å². The standard InChI is InChI=1S/C17H12ClF2N3OS/c18-12-4-2-1-3-11(12)15-17(24-15,8-23-16(25)21-9-22-23)10-5-6-13(19)14(20)7-10/h1-7,9,15H,8H2,(H,21,22,25)/t15-,17-/m0/s1. The number of benzene rings is 2. The molecule has 0 unspecified atom stereocenters. The molecule has 25 heavy (non-hydrogen) atoms. The highest BCUT2D eigenvalue weighted by Gasteiger charge is 2.60. The van der Waals surface area contributed by atoms with E-state index in [0.29, 0.717) is 15.7 Å². The molecular weight excluding hydrogens is 368 g/mol. The zero-order chi connectivity index (χ0) is 17.6. The van der Waals surface area contributed by atoms with Gasteiger partial charge in [-0.2, -0.15) is 5.10 Å². The van der Waals surface area contributed by atoms with Crippen molar-refractivity contribution in [1.29, 1.82) is 0 Å². The first-order valence-electron chi connectivity index (χ1n) is 7.46. The van der Waals surface area contributed by atoms with Crippen LogP contribution in [0.25, 0.3) is 0 Å². The molecule has 1 aliphatic heterocycles. The van der Waals surface area contributed by atoms with Crippen molar-refractivity contribution in [2.45, 2.75) is 23.4 Å². The minimum atomic E-state index is -0.935. The summed E-state index contributed by atoms with van der Waals surface area (Å²) in [5.74, 6) is -1.85. The summed E-state index contributed by atoms with van der Waals surface area (Å²) in [5.41, 5.74) is 0.347. The molecule has 128 valence electrons. The maximum atomic E-state index is 13.8. The van der Waals surface area contributed by atoms with E-state index in [4.69, 9.17) is 16.3 Å². The molecule has 0 aliphatic carbocycles. The molecule has 0 bridgehead atoms. The van der Waals surface area contributed by atoms with Crippen LogP contribution in [0.3, 0.4) is 0 Å². The second kappa shape index (κ2) is 6.09. The maximum absolute atomic E-state index is 13.8. The zero-order valence-electron chi connectivity index (χ0n) is 12.7. The molecule has 3 aromatic rings. The van der Waals surface area contributed by atoms with Gasteiger partial charge in [-0.1, -0.05) is 35.9 Å². The highest BCUT2D eigenvalue weighted by atomic mass is 35.5. The predicted octanol–water partition coefficient (Wildman–Crippen LogP) is 4.17. The molecule has 2 heterocycles. The summed E-state index contributed by atoms with van der Waals surface area (Å²) >= 11 is 10.5. The van der Waals surface area contributed by atoms with Crippen LogP contribution in [0, 0.1) is 11.6 Å². The SMILES string of the molecule is Fc1ccc([C@]2(Cn3ncnc3S)O[C@H]2c2ccccc2Cl)cc1F. The first-order valence-corrected chi connectivity index (χ1v) is 8.28. The van der Waals surface area contributed by atoms with E-state index in [1.165, 1.54) is 12.4 Å². The number of halogens is 3. The molecule has 0 saturated carbocycles. The molecule has 8 heteroatoms. The fraction of sp³-hybridized carbons (Fsp3) is 0.176. The van der Waals surface area contributed by atoms with E-state index in [9.17, 15) is 8.78 Å². The van der Waals surface area contributed by atoms with Crippen LogP contribution in [0.4, 0.5) is 8.78 Å². The molecule has 2 aromatic carbocycles. The maximum Gasteiger partial charge on any atom is 0.183 e. The molecule has 4 rings (SSSR count). The van der Waals surface area contributed by atoms with Crippen LogP contribution >= 0.6 is 24.2 Å². The average Bonchev–Trinajstić information content (AvgIpc) is 3.18. The lowest BCUT2D eigenvalue weighted by Crippen LogP contribution is -2.20. The number of rotatable bonds is 4. The van der Waals surface area contributed by atoms with E-state index in [0.717, 1.165) is 17.7 Å². The Labute approximate surface area is 152 Å². The topological polar surface area (TPSA) is 43.2 Å². The van der Waals surface area contributed by atoms with Crippen LogP contribution < -0.4 is 0 Å². The van der Waals surface area contributed by atoms with E-state index in [2.05, 4.69) is 22.7 Å².